The van der Waals surface area contributed by atoms with Crippen LogP contribution in [-0.2, 0) is 10.5 Å². The normalized spacial score (nSPS) is 18.6. The maximum absolute atomic E-state index is 15.0. The number of anilines is 1. The number of aromatic nitrogens is 1. The lowest BCUT2D eigenvalue weighted by molar-refractivity contribution is -0.118. The Balaban J connectivity index is 1.60. The number of hydrogen-bond acceptors (Lipinski definition) is 6. The minimum atomic E-state index is -1.16. The maximum Gasteiger partial charge on any atom is 0.233 e. The van der Waals surface area contributed by atoms with Crippen LogP contribution in [0.3, 0.4) is 0 Å². The summed E-state index contributed by atoms with van der Waals surface area (Å²) in [6.45, 7) is 1.65. The van der Waals surface area contributed by atoms with Gasteiger partial charge < -0.3 is 5.32 Å². The third-order valence-electron chi connectivity index (χ3n) is 5.76. The van der Waals surface area contributed by atoms with Crippen LogP contribution < -0.4 is 5.32 Å². The molecule has 0 bridgehead atoms. The first-order valence-electron chi connectivity index (χ1n) is 10.0. The molecule has 156 valence electrons. The van der Waals surface area contributed by atoms with Crippen molar-refractivity contribution < 1.29 is 9.18 Å². The first-order chi connectivity index (χ1) is 14.4. The molecule has 1 fully saturated rings. The van der Waals surface area contributed by atoms with Crippen LogP contribution in [0, 0.1) is 11.7 Å². The van der Waals surface area contributed by atoms with Crippen LogP contribution in [0.4, 0.5) is 10.2 Å². The number of pyridine rings is 1. The highest BCUT2D eigenvalue weighted by atomic mass is 79.9. The van der Waals surface area contributed by atoms with E-state index in [4.69, 9.17) is 0 Å². The van der Waals surface area contributed by atoms with Crippen LogP contribution in [0.25, 0.3) is 0 Å². The molecule has 1 aliphatic heterocycles. The summed E-state index contributed by atoms with van der Waals surface area (Å²) in [7, 11) is 0. The smallest absolute Gasteiger partial charge is 0.233 e. The SMILES string of the molecule is CC1(c2ccc(C(CC3CCCC3)C(=O)Nc3ccc(Br)cn3)cc2F)N=NN=N1. The second-order valence-corrected chi connectivity index (χ2v) is 8.84. The average molecular weight is 473 g/mol. The zero-order chi connectivity index (χ0) is 21.1. The van der Waals surface area contributed by atoms with E-state index in [1.807, 2.05) is 6.07 Å². The van der Waals surface area contributed by atoms with Crippen molar-refractivity contribution in [1.82, 2.24) is 4.98 Å². The number of halogens is 2. The monoisotopic (exact) mass is 472 g/mol. The summed E-state index contributed by atoms with van der Waals surface area (Å²) in [4.78, 5) is 17.4. The molecule has 1 saturated carbocycles. The van der Waals surface area contributed by atoms with Gasteiger partial charge in [-0.15, -0.1) is 10.2 Å². The summed E-state index contributed by atoms with van der Waals surface area (Å²) in [6, 6.07) is 8.36. The molecule has 9 heteroatoms. The van der Waals surface area contributed by atoms with E-state index < -0.39 is 17.4 Å². The van der Waals surface area contributed by atoms with Crippen molar-refractivity contribution in [2.45, 2.75) is 50.6 Å². The molecule has 0 saturated heterocycles. The van der Waals surface area contributed by atoms with Crippen molar-refractivity contribution in [2.75, 3.05) is 5.32 Å². The number of nitrogens with one attached hydrogen (secondary N) is 1. The van der Waals surface area contributed by atoms with Gasteiger partial charge in [-0.1, -0.05) is 37.8 Å². The number of rotatable bonds is 6. The predicted octanol–water partition coefficient (Wildman–Crippen LogP) is 6.29. The predicted molar refractivity (Wildman–Crippen MR) is 113 cm³/mol. The number of benzene rings is 1. The van der Waals surface area contributed by atoms with Crippen molar-refractivity contribution in [1.29, 1.82) is 0 Å². The van der Waals surface area contributed by atoms with Gasteiger partial charge in [-0.2, -0.15) is 0 Å². The van der Waals surface area contributed by atoms with Gasteiger partial charge in [0.1, 0.15) is 11.6 Å². The standard InChI is InChI=1S/C21H22BrFN6O/c1-21(26-28-29-27-21)17-8-6-14(11-18(17)23)16(10-13-4-2-3-5-13)20(30)25-19-9-7-15(22)12-24-19/h6-9,11-13,16H,2-5,10H2,1H3,(H,24,25,30). The van der Waals surface area contributed by atoms with E-state index in [2.05, 4.69) is 46.9 Å². The van der Waals surface area contributed by atoms with Crippen LogP contribution in [0.15, 0.2) is 61.7 Å². The Bertz CT molecular complexity index is 975. The largest absolute Gasteiger partial charge is 0.310 e. The molecule has 2 aromatic rings. The first-order valence-corrected chi connectivity index (χ1v) is 10.8. The number of amides is 1. The van der Waals surface area contributed by atoms with Gasteiger partial charge in [0.05, 0.1) is 5.92 Å². The van der Waals surface area contributed by atoms with Gasteiger partial charge in [-0.3, -0.25) is 4.79 Å². The van der Waals surface area contributed by atoms with Gasteiger partial charge in [0.2, 0.25) is 11.6 Å². The van der Waals surface area contributed by atoms with E-state index in [0.717, 1.165) is 17.3 Å². The minimum Gasteiger partial charge on any atom is -0.310 e. The number of nitrogens with zero attached hydrogens (tertiary/aromatic N) is 5. The zero-order valence-electron chi connectivity index (χ0n) is 16.6. The van der Waals surface area contributed by atoms with E-state index >= 15 is 4.39 Å². The molecular formula is C21H22BrFN6O. The van der Waals surface area contributed by atoms with E-state index in [-0.39, 0.29) is 11.5 Å². The fraction of sp³-hybridized carbons (Fsp3) is 0.429. The summed E-state index contributed by atoms with van der Waals surface area (Å²) in [5.74, 6) is -0.204. The van der Waals surface area contributed by atoms with Gasteiger partial charge in [-0.25, -0.2) is 9.37 Å². The fourth-order valence-electron chi connectivity index (χ4n) is 4.11. The molecule has 7 nitrogen and oxygen atoms in total. The van der Waals surface area contributed by atoms with Crippen molar-refractivity contribution in [3.63, 3.8) is 0 Å². The van der Waals surface area contributed by atoms with Crippen molar-refractivity contribution in [2.24, 2.45) is 26.6 Å². The van der Waals surface area contributed by atoms with Crippen LogP contribution in [0.5, 0.6) is 0 Å². The van der Waals surface area contributed by atoms with Crippen LogP contribution in [0.2, 0.25) is 0 Å². The van der Waals surface area contributed by atoms with E-state index in [1.165, 1.54) is 18.9 Å². The van der Waals surface area contributed by atoms with Crippen molar-refractivity contribution >= 4 is 27.7 Å². The second kappa shape index (κ2) is 8.67. The topological polar surface area (TPSA) is 91.4 Å². The van der Waals surface area contributed by atoms with Gasteiger partial charge in [-0.05, 0) is 69.4 Å². The van der Waals surface area contributed by atoms with Crippen molar-refractivity contribution in [3.8, 4) is 0 Å². The summed E-state index contributed by atoms with van der Waals surface area (Å²) in [5, 5.41) is 17.7. The molecule has 1 amide bonds. The Morgan fingerprint density at radius 3 is 2.60 bits per heavy atom. The minimum absolute atomic E-state index is 0.185. The molecule has 1 atom stereocenters. The third-order valence-corrected chi connectivity index (χ3v) is 6.23. The highest BCUT2D eigenvalue weighted by Crippen LogP contribution is 2.38. The quantitative estimate of drug-likeness (QED) is 0.534. The zero-order valence-corrected chi connectivity index (χ0v) is 18.1. The molecule has 1 aromatic carbocycles. The van der Waals surface area contributed by atoms with E-state index in [0.29, 0.717) is 23.7 Å². The van der Waals surface area contributed by atoms with Crippen LogP contribution >= 0.6 is 15.9 Å². The summed E-state index contributed by atoms with van der Waals surface area (Å²) in [6.07, 6.45) is 6.85. The molecule has 1 N–H and O–H groups in total. The molecule has 1 aliphatic carbocycles. The average Bonchev–Trinajstić information content (AvgIpc) is 3.40. The number of carbonyl (C=O) groups excluding carboxylic acids is 1. The Labute approximate surface area is 182 Å². The van der Waals surface area contributed by atoms with Gasteiger partial charge in [0.15, 0.2) is 0 Å². The van der Waals surface area contributed by atoms with Gasteiger partial charge >= 0.3 is 0 Å². The van der Waals surface area contributed by atoms with Gasteiger partial charge in [0, 0.05) is 16.2 Å². The summed E-state index contributed by atoms with van der Waals surface area (Å²) >= 11 is 3.34. The molecule has 0 radical (unpaired) electrons. The lowest BCUT2D eigenvalue weighted by Crippen LogP contribution is -2.24. The fourth-order valence-corrected chi connectivity index (χ4v) is 4.35. The molecule has 0 spiro atoms. The highest BCUT2D eigenvalue weighted by Gasteiger charge is 2.34. The number of hydrogen-bond donors (Lipinski definition) is 1. The first kappa shape index (κ1) is 20.7. The highest BCUT2D eigenvalue weighted by molar-refractivity contribution is 9.10. The summed E-state index contributed by atoms with van der Waals surface area (Å²) < 4.78 is 15.8. The van der Waals surface area contributed by atoms with E-state index in [1.54, 1.807) is 31.3 Å². The Morgan fingerprint density at radius 1 is 1.23 bits per heavy atom. The lowest BCUT2D eigenvalue weighted by Gasteiger charge is -2.22. The third kappa shape index (κ3) is 4.45. The van der Waals surface area contributed by atoms with Crippen LogP contribution in [0.1, 0.15) is 56.1 Å². The molecule has 1 aromatic heterocycles. The Hall–Kier alpha value is -2.55. The second-order valence-electron chi connectivity index (χ2n) is 7.93. The molecule has 4 rings (SSSR count). The molecule has 2 aliphatic rings. The Morgan fingerprint density at radius 2 is 1.97 bits per heavy atom. The molecular weight excluding hydrogens is 451 g/mol. The van der Waals surface area contributed by atoms with Crippen LogP contribution in [-0.4, -0.2) is 10.9 Å². The molecule has 30 heavy (non-hydrogen) atoms. The molecule has 2 heterocycles. The van der Waals surface area contributed by atoms with Gasteiger partial charge in [0.25, 0.3) is 0 Å². The van der Waals surface area contributed by atoms with E-state index in [9.17, 15) is 4.79 Å². The maximum atomic E-state index is 15.0. The Kier molecular flexibility index (Phi) is 5.99. The number of carbonyl (C=O) groups is 1. The summed E-state index contributed by atoms with van der Waals surface area (Å²) in [5.41, 5.74) is -0.244. The lowest BCUT2D eigenvalue weighted by atomic mass is 9.86. The van der Waals surface area contributed by atoms with Crippen molar-refractivity contribution in [3.05, 3.63) is 57.9 Å². The molecule has 1 unspecified atom stereocenters.